The number of furan rings is 1. The number of piperazine rings is 1. The van der Waals surface area contributed by atoms with Crippen molar-refractivity contribution >= 4 is 23.2 Å². The summed E-state index contributed by atoms with van der Waals surface area (Å²) in [7, 11) is 0. The molecule has 36 heavy (non-hydrogen) atoms. The first-order valence-corrected chi connectivity index (χ1v) is 12.1. The van der Waals surface area contributed by atoms with Gasteiger partial charge >= 0.3 is 0 Å². The van der Waals surface area contributed by atoms with Crippen molar-refractivity contribution in [1.29, 1.82) is 0 Å². The van der Waals surface area contributed by atoms with E-state index in [9.17, 15) is 4.39 Å². The lowest BCUT2D eigenvalue weighted by Gasteiger charge is -2.36. The highest BCUT2D eigenvalue weighted by Gasteiger charge is 2.22. The Morgan fingerprint density at radius 3 is 2.72 bits per heavy atom. The van der Waals surface area contributed by atoms with Gasteiger partial charge in [0.05, 0.1) is 12.0 Å². The van der Waals surface area contributed by atoms with E-state index in [2.05, 4.69) is 35.5 Å². The first-order chi connectivity index (χ1) is 17.6. The normalized spacial score (nSPS) is 16.9. The van der Waals surface area contributed by atoms with E-state index in [1.54, 1.807) is 12.3 Å². The van der Waals surface area contributed by atoms with E-state index in [-0.39, 0.29) is 17.9 Å². The number of fused-ring (bicyclic) bond motifs is 1. The van der Waals surface area contributed by atoms with Crippen molar-refractivity contribution in [3.8, 4) is 17.2 Å². The minimum absolute atomic E-state index is 0.135. The first-order valence-electron chi connectivity index (χ1n) is 12.1. The average molecular weight is 494 g/mol. The number of hydrogen-bond acceptors (Lipinski definition) is 10. The molecule has 5 heterocycles. The molecular weight excluding hydrogens is 465 g/mol. The van der Waals surface area contributed by atoms with Crippen LogP contribution in [-0.4, -0.2) is 82.9 Å². The van der Waals surface area contributed by atoms with Gasteiger partial charge in [0.2, 0.25) is 11.9 Å². The van der Waals surface area contributed by atoms with E-state index in [4.69, 9.17) is 14.9 Å². The Morgan fingerprint density at radius 1 is 1.14 bits per heavy atom. The van der Waals surface area contributed by atoms with Crippen LogP contribution < -0.4 is 26.0 Å². The quantitative estimate of drug-likeness (QED) is 0.334. The van der Waals surface area contributed by atoms with Crippen LogP contribution in [0.25, 0.3) is 17.1 Å². The van der Waals surface area contributed by atoms with E-state index >= 15 is 0 Å². The van der Waals surface area contributed by atoms with Gasteiger partial charge in [-0.1, -0.05) is 0 Å². The Balaban J connectivity index is 1.00. The molecule has 188 valence electrons. The van der Waals surface area contributed by atoms with E-state index in [0.717, 1.165) is 45.8 Å². The van der Waals surface area contributed by atoms with Crippen LogP contribution in [0.3, 0.4) is 0 Å². The fourth-order valence-electron chi connectivity index (χ4n) is 4.43. The Hall–Kier alpha value is -3.90. The van der Waals surface area contributed by atoms with Crippen LogP contribution in [-0.2, 0) is 0 Å². The van der Waals surface area contributed by atoms with Crippen LogP contribution in [0.5, 0.6) is 5.75 Å². The maximum absolute atomic E-state index is 14.7. The summed E-state index contributed by atoms with van der Waals surface area (Å²) in [5, 5.41) is 10.8. The van der Waals surface area contributed by atoms with Gasteiger partial charge in [-0.3, -0.25) is 4.90 Å². The van der Waals surface area contributed by atoms with Crippen molar-refractivity contribution in [2.45, 2.75) is 6.10 Å². The van der Waals surface area contributed by atoms with Crippen LogP contribution in [0.4, 0.5) is 22.0 Å². The smallest absolute Gasteiger partial charge is 0.228 e. The second kappa shape index (κ2) is 9.63. The topological polar surface area (TPSA) is 122 Å². The Kier molecular flexibility index (Phi) is 6.03. The highest BCUT2D eigenvalue weighted by molar-refractivity contribution is 5.61. The summed E-state index contributed by atoms with van der Waals surface area (Å²) in [6.45, 7) is 6.27. The van der Waals surface area contributed by atoms with E-state index in [1.165, 1.54) is 10.6 Å². The van der Waals surface area contributed by atoms with Gasteiger partial charge in [0.25, 0.3) is 0 Å². The maximum Gasteiger partial charge on any atom is 0.228 e. The van der Waals surface area contributed by atoms with Gasteiger partial charge < -0.3 is 30.4 Å². The van der Waals surface area contributed by atoms with Crippen LogP contribution in [0, 0.1) is 5.82 Å². The molecule has 4 N–H and O–H groups in total. The van der Waals surface area contributed by atoms with Crippen molar-refractivity contribution in [2.75, 3.05) is 68.3 Å². The number of anilines is 3. The fourth-order valence-corrected chi connectivity index (χ4v) is 4.43. The predicted molar refractivity (Wildman–Crippen MR) is 134 cm³/mol. The summed E-state index contributed by atoms with van der Waals surface area (Å²) in [5.74, 6) is 1.68. The third-order valence-corrected chi connectivity index (χ3v) is 6.51. The molecule has 0 unspecified atom stereocenters. The highest BCUT2D eigenvalue weighted by Crippen LogP contribution is 2.26. The molecule has 0 radical (unpaired) electrons. The summed E-state index contributed by atoms with van der Waals surface area (Å²) in [5.41, 5.74) is 7.94. The summed E-state index contributed by atoms with van der Waals surface area (Å²) in [6.07, 6.45) is 1.73. The number of nitrogens with one attached hydrogen (secondary N) is 2. The summed E-state index contributed by atoms with van der Waals surface area (Å²) < 4.78 is 27.4. The van der Waals surface area contributed by atoms with Crippen LogP contribution in [0.2, 0.25) is 0 Å². The van der Waals surface area contributed by atoms with Gasteiger partial charge in [-0.05, 0) is 24.3 Å². The van der Waals surface area contributed by atoms with Crippen LogP contribution in [0.15, 0.2) is 47.1 Å². The standard InChI is InChI=1S/C24H28FN9O2/c25-18-12-16(36-17-14-27-15-17)3-4-20(18)33-9-7-32(8-10-33)6-5-28-24-29-22-13-19(21-2-1-11-35-21)31-34(22)23(26)30-24/h1-4,11-13,17,27H,5-10,14-15H2,(H3,26,28,29,30). The number of nitrogens with two attached hydrogens (primary N) is 1. The molecule has 3 aromatic heterocycles. The summed E-state index contributed by atoms with van der Waals surface area (Å²) in [4.78, 5) is 13.3. The van der Waals surface area contributed by atoms with Gasteiger partial charge in [0.1, 0.15) is 23.4 Å². The Morgan fingerprint density at radius 2 is 2.00 bits per heavy atom. The summed E-state index contributed by atoms with van der Waals surface area (Å²) >= 11 is 0. The molecule has 0 amide bonds. The fraction of sp³-hybridized carbons (Fsp3) is 0.375. The van der Waals surface area contributed by atoms with Crippen molar-refractivity contribution < 1.29 is 13.5 Å². The van der Waals surface area contributed by atoms with E-state index in [1.807, 2.05) is 24.3 Å². The zero-order valence-electron chi connectivity index (χ0n) is 19.7. The van der Waals surface area contributed by atoms with Crippen molar-refractivity contribution in [3.05, 3.63) is 48.5 Å². The number of benzene rings is 1. The number of rotatable bonds is 8. The van der Waals surface area contributed by atoms with Gasteiger partial charge in [0, 0.05) is 64.5 Å². The summed E-state index contributed by atoms with van der Waals surface area (Å²) in [6, 6.07) is 10.6. The number of aromatic nitrogens is 4. The third-order valence-electron chi connectivity index (χ3n) is 6.51. The second-order valence-corrected chi connectivity index (χ2v) is 8.95. The molecule has 0 bridgehead atoms. The number of hydrogen-bond donors (Lipinski definition) is 3. The van der Waals surface area contributed by atoms with Gasteiger partial charge in [-0.15, -0.1) is 0 Å². The van der Waals surface area contributed by atoms with Crippen LogP contribution in [0.1, 0.15) is 0 Å². The van der Waals surface area contributed by atoms with E-state index in [0.29, 0.717) is 41.0 Å². The molecule has 12 heteroatoms. The number of nitrogen functional groups attached to an aromatic ring is 1. The van der Waals surface area contributed by atoms with Crippen molar-refractivity contribution in [2.24, 2.45) is 0 Å². The minimum atomic E-state index is -0.241. The van der Waals surface area contributed by atoms with Crippen molar-refractivity contribution in [3.63, 3.8) is 0 Å². The number of nitrogens with zero attached hydrogens (tertiary/aromatic N) is 6. The molecule has 2 aliphatic rings. The zero-order valence-corrected chi connectivity index (χ0v) is 19.7. The largest absolute Gasteiger partial charge is 0.488 e. The zero-order chi connectivity index (χ0) is 24.5. The molecule has 0 aliphatic carbocycles. The molecule has 0 atom stereocenters. The lowest BCUT2D eigenvalue weighted by Crippen LogP contribution is -2.50. The van der Waals surface area contributed by atoms with Gasteiger partial charge in [-0.25, -0.2) is 4.39 Å². The lowest BCUT2D eigenvalue weighted by atomic mass is 10.2. The molecular formula is C24H28FN9O2. The molecule has 1 aromatic carbocycles. The average Bonchev–Trinajstić information content (AvgIpc) is 3.53. The molecule has 2 fully saturated rings. The lowest BCUT2D eigenvalue weighted by molar-refractivity contribution is 0.142. The molecule has 11 nitrogen and oxygen atoms in total. The number of halogens is 1. The molecule has 0 spiro atoms. The first kappa shape index (κ1) is 22.6. The van der Waals surface area contributed by atoms with Crippen molar-refractivity contribution in [1.82, 2.24) is 29.8 Å². The predicted octanol–water partition coefficient (Wildman–Crippen LogP) is 1.69. The Labute approximate surface area is 207 Å². The monoisotopic (exact) mass is 493 g/mol. The SMILES string of the molecule is Nc1nc(NCCN2CCN(c3ccc(OC4CNC4)cc3F)CC2)nc2cc(-c3ccco3)nn12. The Bertz CT molecular complexity index is 1330. The molecule has 6 rings (SSSR count). The van der Waals surface area contributed by atoms with E-state index < -0.39 is 0 Å². The highest BCUT2D eigenvalue weighted by atomic mass is 19.1. The molecule has 2 saturated heterocycles. The third kappa shape index (κ3) is 4.64. The van der Waals surface area contributed by atoms with Gasteiger partial charge in [-0.2, -0.15) is 19.6 Å². The second-order valence-electron chi connectivity index (χ2n) is 8.95. The molecule has 0 saturated carbocycles. The number of ether oxygens (including phenoxy) is 1. The van der Waals surface area contributed by atoms with Crippen LogP contribution >= 0.6 is 0 Å². The maximum atomic E-state index is 14.7. The molecule has 2 aliphatic heterocycles. The molecule has 4 aromatic rings. The van der Waals surface area contributed by atoms with Gasteiger partial charge in [0.15, 0.2) is 11.4 Å². The minimum Gasteiger partial charge on any atom is -0.488 e.